The first-order chi connectivity index (χ1) is 9.90. The molecule has 0 aromatic heterocycles. The summed E-state index contributed by atoms with van der Waals surface area (Å²) in [5.41, 5.74) is 1.10. The van der Waals surface area contributed by atoms with Crippen molar-refractivity contribution in [2.75, 3.05) is 0 Å². The summed E-state index contributed by atoms with van der Waals surface area (Å²) < 4.78 is 0. The van der Waals surface area contributed by atoms with Gasteiger partial charge in [0.2, 0.25) is 0 Å². The molecule has 3 N–H and O–H groups in total. The van der Waals surface area contributed by atoms with Crippen molar-refractivity contribution in [2.24, 2.45) is 0 Å². The smallest absolute Gasteiger partial charge is 0.336 e. The first-order valence-corrected chi connectivity index (χ1v) is 6.27. The zero-order chi connectivity index (χ0) is 15.6. The molecule has 0 aliphatic rings. The van der Waals surface area contributed by atoms with Gasteiger partial charge in [0.25, 0.3) is 0 Å². The quantitative estimate of drug-likeness (QED) is 0.803. The highest BCUT2D eigenvalue weighted by molar-refractivity contribution is 5.97. The van der Waals surface area contributed by atoms with Gasteiger partial charge in [-0.3, -0.25) is 0 Å². The lowest BCUT2D eigenvalue weighted by Gasteiger charge is -2.12. The summed E-state index contributed by atoms with van der Waals surface area (Å²) in [5.74, 6) is -2.37. The molecule has 0 spiro atoms. The molecule has 2 aromatic rings. The van der Waals surface area contributed by atoms with Gasteiger partial charge in [-0.1, -0.05) is 18.2 Å². The van der Waals surface area contributed by atoms with E-state index >= 15 is 0 Å². The monoisotopic (exact) mass is 286 g/mol. The molecule has 2 rings (SSSR count). The van der Waals surface area contributed by atoms with Crippen molar-refractivity contribution >= 4 is 11.9 Å². The summed E-state index contributed by atoms with van der Waals surface area (Å²) in [6.07, 6.45) is 0.0379. The van der Waals surface area contributed by atoms with Crippen LogP contribution in [0.15, 0.2) is 36.4 Å². The number of carbonyl (C=O) groups is 2. The Bertz CT molecular complexity index is 683. The van der Waals surface area contributed by atoms with E-state index in [1.54, 1.807) is 25.1 Å². The number of hydrogen-bond acceptors (Lipinski definition) is 3. The molecule has 0 unspecified atom stereocenters. The fourth-order valence-corrected chi connectivity index (χ4v) is 2.24. The number of aromatic carboxylic acids is 2. The minimum atomic E-state index is -1.19. The molecule has 0 radical (unpaired) electrons. The lowest BCUT2D eigenvalue weighted by atomic mass is 9.92. The van der Waals surface area contributed by atoms with E-state index in [0.29, 0.717) is 11.1 Å². The van der Waals surface area contributed by atoms with E-state index in [2.05, 4.69) is 0 Å². The normalized spacial score (nSPS) is 10.3. The highest BCUT2D eigenvalue weighted by atomic mass is 16.4. The summed E-state index contributed by atoms with van der Waals surface area (Å²) in [7, 11) is 0. The van der Waals surface area contributed by atoms with Gasteiger partial charge in [0.1, 0.15) is 5.75 Å². The van der Waals surface area contributed by atoms with E-state index in [1.807, 2.05) is 0 Å². The number of carboxylic acid groups (broad SMARTS) is 2. The third kappa shape index (κ3) is 3.02. The first kappa shape index (κ1) is 14.6. The molecule has 0 fully saturated rings. The third-order valence-electron chi connectivity index (χ3n) is 3.21. The maximum atomic E-state index is 11.4. The second kappa shape index (κ2) is 5.66. The maximum Gasteiger partial charge on any atom is 0.336 e. The fraction of sp³-hybridized carbons (Fsp3) is 0.125. The number of benzene rings is 2. The molecule has 0 saturated heterocycles. The molecule has 0 bridgehead atoms. The Labute approximate surface area is 121 Å². The molecule has 5 heteroatoms. The Kier molecular flexibility index (Phi) is 3.93. The number of hydrogen-bond donors (Lipinski definition) is 3. The zero-order valence-electron chi connectivity index (χ0n) is 11.3. The molecule has 108 valence electrons. The summed E-state index contributed by atoms with van der Waals surface area (Å²) >= 11 is 0. The predicted molar refractivity (Wildman–Crippen MR) is 76.0 cm³/mol. The van der Waals surface area contributed by atoms with E-state index in [-0.39, 0.29) is 28.9 Å². The third-order valence-corrected chi connectivity index (χ3v) is 3.21. The van der Waals surface area contributed by atoms with E-state index in [1.165, 1.54) is 18.2 Å². The minimum absolute atomic E-state index is 0.00533. The van der Waals surface area contributed by atoms with Gasteiger partial charge in [-0.15, -0.1) is 0 Å². The zero-order valence-corrected chi connectivity index (χ0v) is 11.3. The van der Waals surface area contributed by atoms with Crippen molar-refractivity contribution in [3.05, 3.63) is 64.2 Å². The second-order valence-corrected chi connectivity index (χ2v) is 4.75. The number of carboxylic acids is 2. The highest BCUT2D eigenvalue weighted by Crippen LogP contribution is 2.25. The van der Waals surface area contributed by atoms with Gasteiger partial charge in [-0.05, 0) is 41.8 Å². The van der Waals surface area contributed by atoms with Gasteiger partial charge in [0, 0.05) is 6.42 Å². The molecule has 0 amide bonds. The number of para-hydroxylation sites is 1. The fourth-order valence-electron chi connectivity index (χ4n) is 2.24. The Morgan fingerprint density at radius 3 is 2.00 bits per heavy atom. The molecular formula is C16H14O5. The lowest BCUT2D eigenvalue weighted by molar-refractivity contribution is 0.0695. The average molecular weight is 286 g/mol. The van der Waals surface area contributed by atoms with E-state index in [9.17, 15) is 24.9 Å². The highest BCUT2D eigenvalue weighted by Gasteiger charge is 2.20. The van der Waals surface area contributed by atoms with Crippen molar-refractivity contribution in [3.8, 4) is 5.75 Å². The molecule has 0 aliphatic heterocycles. The summed E-state index contributed by atoms with van der Waals surface area (Å²) in [4.78, 5) is 22.7. The number of aryl methyl sites for hydroxylation is 1. The van der Waals surface area contributed by atoms with Crippen molar-refractivity contribution in [2.45, 2.75) is 13.3 Å². The van der Waals surface area contributed by atoms with Crippen LogP contribution in [-0.2, 0) is 6.42 Å². The molecular weight excluding hydrogens is 272 g/mol. The Balaban J connectivity index is 2.63. The van der Waals surface area contributed by atoms with Crippen LogP contribution in [0.25, 0.3) is 0 Å². The molecule has 2 aromatic carbocycles. The molecule has 0 heterocycles. The van der Waals surface area contributed by atoms with Gasteiger partial charge < -0.3 is 15.3 Å². The largest absolute Gasteiger partial charge is 0.508 e. The van der Waals surface area contributed by atoms with Gasteiger partial charge >= 0.3 is 11.9 Å². The van der Waals surface area contributed by atoms with Crippen LogP contribution in [-0.4, -0.2) is 27.3 Å². The van der Waals surface area contributed by atoms with Gasteiger partial charge in [0.05, 0.1) is 11.1 Å². The van der Waals surface area contributed by atoms with Crippen molar-refractivity contribution in [1.82, 2.24) is 0 Å². The Morgan fingerprint density at radius 1 is 1.00 bits per heavy atom. The van der Waals surface area contributed by atoms with E-state index in [4.69, 9.17) is 0 Å². The van der Waals surface area contributed by atoms with Crippen LogP contribution in [0, 0.1) is 6.92 Å². The SMILES string of the molecule is Cc1cc(C(=O)O)c(Cc2ccccc2O)c(C(=O)O)c1. The number of phenols is 1. The van der Waals surface area contributed by atoms with Crippen LogP contribution >= 0.6 is 0 Å². The predicted octanol–water partition coefficient (Wildman–Crippen LogP) is 2.69. The van der Waals surface area contributed by atoms with Crippen molar-refractivity contribution in [3.63, 3.8) is 0 Å². The number of phenolic OH excluding ortho intramolecular Hbond substituents is 1. The molecule has 0 saturated carbocycles. The maximum absolute atomic E-state index is 11.4. The van der Waals surface area contributed by atoms with Gasteiger partial charge in [0.15, 0.2) is 0 Å². The van der Waals surface area contributed by atoms with Crippen LogP contribution in [0.1, 0.15) is 37.4 Å². The van der Waals surface area contributed by atoms with Crippen LogP contribution in [0.4, 0.5) is 0 Å². The number of aromatic hydroxyl groups is 1. The lowest BCUT2D eigenvalue weighted by Crippen LogP contribution is -2.11. The van der Waals surface area contributed by atoms with Crippen LogP contribution in [0.3, 0.4) is 0 Å². The molecule has 0 aliphatic carbocycles. The minimum Gasteiger partial charge on any atom is -0.508 e. The van der Waals surface area contributed by atoms with Crippen molar-refractivity contribution in [1.29, 1.82) is 0 Å². The first-order valence-electron chi connectivity index (χ1n) is 6.27. The van der Waals surface area contributed by atoms with Crippen LogP contribution in [0.2, 0.25) is 0 Å². The van der Waals surface area contributed by atoms with Crippen molar-refractivity contribution < 1.29 is 24.9 Å². The molecule has 21 heavy (non-hydrogen) atoms. The summed E-state index contributed by atoms with van der Waals surface area (Å²) in [5, 5.41) is 28.4. The van der Waals surface area contributed by atoms with Crippen LogP contribution < -0.4 is 0 Å². The summed E-state index contributed by atoms with van der Waals surface area (Å²) in [6.45, 7) is 1.64. The molecule has 5 nitrogen and oxygen atoms in total. The van der Waals surface area contributed by atoms with Gasteiger partial charge in [-0.2, -0.15) is 0 Å². The summed E-state index contributed by atoms with van der Waals surface area (Å²) in [6, 6.07) is 9.32. The Hall–Kier alpha value is -2.82. The van der Waals surface area contributed by atoms with Gasteiger partial charge in [-0.25, -0.2) is 9.59 Å². The molecule has 0 atom stereocenters. The second-order valence-electron chi connectivity index (χ2n) is 4.75. The average Bonchev–Trinajstić information content (AvgIpc) is 2.42. The van der Waals surface area contributed by atoms with Crippen LogP contribution in [0.5, 0.6) is 5.75 Å². The van der Waals surface area contributed by atoms with E-state index < -0.39 is 11.9 Å². The standard InChI is InChI=1S/C16H14O5/c1-9-6-12(15(18)19)11(13(7-9)16(20)21)8-10-4-2-3-5-14(10)17/h2-7,17H,8H2,1H3,(H,18,19)(H,20,21). The topological polar surface area (TPSA) is 94.8 Å². The Morgan fingerprint density at radius 2 is 1.52 bits per heavy atom. The number of rotatable bonds is 4. The van der Waals surface area contributed by atoms with E-state index in [0.717, 1.165) is 0 Å².